The maximum absolute atomic E-state index is 11.9. The Morgan fingerprint density at radius 3 is 2.47 bits per heavy atom. The standard InChI is InChI=1S/C12H15NO5S/c1-6(7(2)11(15)16)10(14)13-8-4-5-19-9(8)12(17)18-3/h4-7H,1-3H3,(H,13,14)(H,15,16). The van der Waals surface area contributed by atoms with Gasteiger partial charge in [-0.1, -0.05) is 13.8 Å². The van der Waals surface area contributed by atoms with Gasteiger partial charge in [0.15, 0.2) is 0 Å². The molecule has 19 heavy (non-hydrogen) atoms. The molecule has 1 heterocycles. The molecule has 1 amide bonds. The number of ether oxygens (including phenoxy) is 1. The van der Waals surface area contributed by atoms with Gasteiger partial charge in [-0.25, -0.2) is 4.79 Å². The van der Waals surface area contributed by atoms with Gasteiger partial charge >= 0.3 is 11.9 Å². The fourth-order valence-corrected chi connectivity index (χ4v) is 2.11. The molecule has 0 saturated heterocycles. The average Bonchev–Trinajstić information content (AvgIpc) is 2.83. The Hall–Kier alpha value is -1.89. The number of carboxylic acid groups (broad SMARTS) is 1. The molecule has 0 aliphatic heterocycles. The quantitative estimate of drug-likeness (QED) is 0.805. The highest BCUT2D eigenvalue weighted by Crippen LogP contribution is 2.24. The van der Waals surface area contributed by atoms with Gasteiger partial charge in [0.05, 0.1) is 18.7 Å². The monoisotopic (exact) mass is 285 g/mol. The lowest BCUT2D eigenvalue weighted by atomic mass is 9.95. The smallest absolute Gasteiger partial charge is 0.350 e. The fourth-order valence-electron chi connectivity index (χ4n) is 1.35. The number of carboxylic acids is 1. The number of rotatable bonds is 5. The number of carbonyl (C=O) groups excluding carboxylic acids is 2. The molecule has 0 aliphatic carbocycles. The minimum absolute atomic E-state index is 0.283. The first-order valence-corrected chi connectivity index (χ1v) is 6.46. The Labute approximate surface area is 114 Å². The molecule has 0 spiro atoms. The van der Waals surface area contributed by atoms with Crippen molar-refractivity contribution in [3.63, 3.8) is 0 Å². The van der Waals surface area contributed by atoms with Crippen LogP contribution in [0.5, 0.6) is 0 Å². The van der Waals surface area contributed by atoms with E-state index in [9.17, 15) is 14.4 Å². The van der Waals surface area contributed by atoms with Crippen molar-refractivity contribution in [2.45, 2.75) is 13.8 Å². The third-order valence-corrected chi connectivity index (χ3v) is 3.74. The highest BCUT2D eigenvalue weighted by Gasteiger charge is 2.27. The van der Waals surface area contributed by atoms with Crippen LogP contribution in [0.15, 0.2) is 11.4 Å². The van der Waals surface area contributed by atoms with E-state index in [-0.39, 0.29) is 4.88 Å². The van der Waals surface area contributed by atoms with Gasteiger partial charge in [0.25, 0.3) is 0 Å². The van der Waals surface area contributed by atoms with Gasteiger partial charge in [-0.05, 0) is 11.4 Å². The zero-order chi connectivity index (χ0) is 14.6. The molecule has 6 nitrogen and oxygen atoms in total. The maximum Gasteiger partial charge on any atom is 0.350 e. The van der Waals surface area contributed by atoms with E-state index in [1.807, 2.05) is 0 Å². The van der Waals surface area contributed by atoms with Gasteiger partial charge in [-0.2, -0.15) is 0 Å². The number of anilines is 1. The van der Waals surface area contributed by atoms with E-state index in [1.54, 1.807) is 11.4 Å². The van der Waals surface area contributed by atoms with Crippen LogP contribution in [0.1, 0.15) is 23.5 Å². The fraction of sp³-hybridized carbons (Fsp3) is 0.417. The van der Waals surface area contributed by atoms with Gasteiger partial charge in [0.2, 0.25) is 5.91 Å². The number of esters is 1. The Balaban J connectivity index is 2.80. The summed E-state index contributed by atoms with van der Waals surface area (Å²) in [5.74, 6) is -3.54. The number of hydrogen-bond donors (Lipinski definition) is 2. The molecular formula is C12H15NO5S. The number of amides is 1. The molecule has 104 valence electrons. The van der Waals surface area contributed by atoms with Gasteiger partial charge in [-0.15, -0.1) is 11.3 Å². The molecule has 0 fully saturated rings. The van der Waals surface area contributed by atoms with E-state index >= 15 is 0 Å². The maximum atomic E-state index is 11.9. The largest absolute Gasteiger partial charge is 0.481 e. The third kappa shape index (κ3) is 3.54. The highest BCUT2D eigenvalue weighted by molar-refractivity contribution is 7.12. The van der Waals surface area contributed by atoms with Crippen molar-refractivity contribution in [3.05, 3.63) is 16.3 Å². The molecule has 1 aromatic rings. The summed E-state index contributed by atoms with van der Waals surface area (Å²) >= 11 is 1.15. The summed E-state index contributed by atoms with van der Waals surface area (Å²) in [6.45, 7) is 2.99. The molecule has 0 bridgehead atoms. The van der Waals surface area contributed by atoms with E-state index in [0.717, 1.165) is 11.3 Å². The number of thiophene rings is 1. The molecule has 0 aromatic carbocycles. The van der Waals surface area contributed by atoms with Crippen LogP contribution in [0.4, 0.5) is 5.69 Å². The topological polar surface area (TPSA) is 92.7 Å². The van der Waals surface area contributed by atoms with Crippen LogP contribution < -0.4 is 5.32 Å². The predicted octanol–water partition coefficient (Wildman–Crippen LogP) is 1.83. The minimum Gasteiger partial charge on any atom is -0.481 e. The van der Waals surface area contributed by atoms with Crippen LogP contribution >= 0.6 is 11.3 Å². The van der Waals surface area contributed by atoms with Crippen LogP contribution in [-0.2, 0) is 14.3 Å². The number of aliphatic carboxylic acids is 1. The van der Waals surface area contributed by atoms with E-state index in [2.05, 4.69) is 10.1 Å². The molecule has 2 unspecified atom stereocenters. The zero-order valence-electron chi connectivity index (χ0n) is 10.8. The first-order chi connectivity index (χ1) is 8.88. The van der Waals surface area contributed by atoms with Gasteiger partial charge < -0.3 is 15.2 Å². The molecular weight excluding hydrogens is 270 g/mol. The third-order valence-electron chi connectivity index (χ3n) is 2.85. The zero-order valence-corrected chi connectivity index (χ0v) is 11.6. The SMILES string of the molecule is COC(=O)c1sccc1NC(=O)C(C)C(C)C(=O)O. The van der Waals surface area contributed by atoms with E-state index < -0.39 is 29.7 Å². The second-order valence-corrected chi connectivity index (χ2v) is 4.98. The van der Waals surface area contributed by atoms with Gasteiger partial charge in [0.1, 0.15) is 4.88 Å². The van der Waals surface area contributed by atoms with Crippen molar-refractivity contribution in [3.8, 4) is 0 Å². The summed E-state index contributed by atoms with van der Waals surface area (Å²) in [6, 6.07) is 1.58. The second kappa shape index (κ2) is 6.33. The molecule has 0 saturated carbocycles. The number of methoxy groups -OCH3 is 1. The van der Waals surface area contributed by atoms with Gasteiger partial charge in [-0.3, -0.25) is 9.59 Å². The summed E-state index contributed by atoms with van der Waals surface area (Å²) in [4.78, 5) is 34.4. The Morgan fingerprint density at radius 2 is 1.95 bits per heavy atom. The predicted molar refractivity (Wildman–Crippen MR) is 70.3 cm³/mol. The average molecular weight is 285 g/mol. The molecule has 0 radical (unpaired) electrons. The van der Waals surface area contributed by atoms with Crippen molar-refractivity contribution in [2.24, 2.45) is 11.8 Å². The van der Waals surface area contributed by atoms with Crippen molar-refractivity contribution < 1.29 is 24.2 Å². The van der Waals surface area contributed by atoms with Crippen LogP contribution in [-0.4, -0.2) is 30.1 Å². The Morgan fingerprint density at radius 1 is 1.32 bits per heavy atom. The normalized spacial score (nSPS) is 13.4. The molecule has 1 aromatic heterocycles. The van der Waals surface area contributed by atoms with Crippen LogP contribution in [0.2, 0.25) is 0 Å². The molecule has 0 aliphatic rings. The van der Waals surface area contributed by atoms with Crippen LogP contribution in [0.3, 0.4) is 0 Å². The van der Waals surface area contributed by atoms with E-state index in [0.29, 0.717) is 5.69 Å². The van der Waals surface area contributed by atoms with E-state index in [1.165, 1.54) is 21.0 Å². The highest BCUT2D eigenvalue weighted by atomic mass is 32.1. The summed E-state index contributed by atoms with van der Waals surface area (Å²) in [5, 5.41) is 13.1. The number of nitrogens with one attached hydrogen (secondary N) is 1. The van der Waals surface area contributed by atoms with Crippen LogP contribution in [0.25, 0.3) is 0 Å². The lowest BCUT2D eigenvalue weighted by Crippen LogP contribution is -2.30. The summed E-state index contributed by atoms with van der Waals surface area (Å²) in [6.07, 6.45) is 0. The van der Waals surface area contributed by atoms with Crippen molar-refractivity contribution in [2.75, 3.05) is 12.4 Å². The number of hydrogen-bond acceptors (Lipinski definition) is 5. The van der Waals surface area contributed by atoms with Crippen molar-refractivity contribution in [1.82, 2.24) is 0 Å². The lowest BCUT2D eigenvalue weighted by molar-refractivity contribution is -0.145. The molecule has 1 rings (SSSR count). The van der Waals surface area contributed by atoms with Gasteiger partial charge in [0, 0.05) is 5.92 Å². The summed E-state index contributed by atoms with van der Waals surface area (Å²) in [5.41, 5.74) is 0.339. The molecule has 7 heteroatoms. The van der Waals surface area contributed by atoms with Crippen molar-refractivity contribution >= 4 is 34.9 Å². The number of carbonyl (C=O) groups is 3. The minimum atomic E-state index is -1.04. The first-order valence-electron chi connectivity index (χ1n) is 5.58. The first kappa shape index (κ1) is 15.2. The molecule has 2 N–H and O–H groups in total. The van der Waals surface area contributed by atoms with E-state index in [4.69, 9.17) is 5.11 Å². The Kier molecular flexibility index (Phi) is 5.05. The molecule has 2 atom stereocenters. The van der Waals surface area contributed by atoms with Crippen molar-refractivity contribution in [1.29, 1.82) is 0 Å². The summed E-state index contributed by atoms with van der Waals surface area (Å²) in [7, 11) is 1.25. The Bertz CT molecular complexity index is 496. The summed E-state index contributed by atoms with van der Waals surface area (Å²) < 4.78 is 4.59. The van der Waals surface area contributed by atoms with Crippen LogP contribution in [0, 0.1) is 11.8 Å². The second-order valence-electron chi connectivity index (χ2n) is 4.06. The lowest BCUT2D eigenvalue weighted by Gasteiger charge is -2.15.